The van der Waals surface area contributed by atoms with Crippen LogP contribution in [-0.4, -0.2) is 17.3 Å². The maximum absolute atomic E-state index is 4.32. The predicted molar refractivity (Wildman–Crippen MR) is 82.3 cm³/mol. The molecule has 2 rings (SSSR count). The van der Waals surface area contributed by atoms with Gasteiger partial charge in [0.15, 0.2) is 0 Å². The molecule has 4 heteroatoms. The Kier molecular flexibility index (Phi) is 5.08. The van der Waals surface area contributed by atoms with Crippen LogP contribution in [0.1, 0.15) is 5.56 Å². The largest absolute Gasteiger partial charge is 0.384 e. The second-order valence-corrected chi connectivity index (χ2v) is 5.87. The highest BCUT2D eigenvalue weighted by molar-refractivity contribution is 9.10. The molecule has 2 aromatic rings. The average Bonchev–Trinajstić information content (AvgIpc) is 2.39. The lowest BCUT2D eigenvalue weighted by Crippen LogP contribution is -2.04. The number of hydrogen-bond acceptors (Lipinski definition) is 3. The minimum Gasteiger partial charge on any atom is -0.384 e. The van der Waals surface area contributed by atoms with Crippen molar-refractivity contribution in [3.8, 4) is 0 Å². The van der Waals surface area contributed by atoms with Crippen molar-refractivity contribution in [1.29, 1.82) is 0 Å². The maximum Gasteiger partial charge on any atom is 0.110 e. The van der Waals surface area contributed by atoms with Crippen molar-refractivity contribution in [2.24, 2.45) is 0 Å². The molecule has 2 nitrogen and oxygen atoms in total. The Morgan fingerprint density at radius 2 is 2.00 bits per heavy atom. The molecule has 1 N–H and O–H groups in total. The van der Waals surface area contributed by atoms with Gasteiger partial charge in [-0.3, -0.25) is 0 Å². The summed E-state index contributed by atoms with van der Waals surface area (Å²) in [4.78, 5) is 4.32. The third-order valence-corrected chi connectivity index (χ3v) is 4.36. The van der Waals surface area contributed by atoms with E-state index in [0.29, 0.717) is 0 Å². The van der Waals surface area contributed by atoms with E-state index in [0.717, 1.165) is 21.8 Å². The van der Waals surface area contributed by atoms with Crippen LogP contribution in [0.2, 0.25) is 0 Å². The van der Waals surface area contributed by atoms with E-state index in [1.54, 1.807) is 11.8 Å². The van der Waals surface area contributed by atoms with Gasteiger partial charge < -0.3 is 5.32 Å². The van der Waals surface area contributed by atoms with Crippen molar-refractivity contribution in [2.75, 3.05) is 17.6 Å². The minimum atomic E-state index is 0.927. The highest BCUT2D eigenvalue weighted by Gasteiger charge is 2.00. The number of rotatable bonds is 5. The Bertz CT molecular complexity index is 499. The number of benzene rings is 1. The highest BCUT2D eigenvalue weighted by atomic mass is 79.9. The molecule has 0 aliphatic heterocycles. The molecule has 0 radical (unpaired) electrons. The summed E-state index contributed by atoms with van der Waals surface area (Å²) in [6.07, 6.45) is 1.82. The van der Waals surface area contributed by atoms with Crippen LogP contribution in [0.3, 0.4) is 0 Å². The Morgan fingerprint density at radius 1 is 1.22 bits per heavy atom. The SMILES string of the molecule is Cc1ccc(NCCSc2ncccc2Br)cc1. The number of anilines is 1. The van der Waals surface area contributed by atoms with Gasteiger partial charge >= 0.3 is 0 Å². The van der Waals surface area contributed by atoms with Gasteiger partial charge in [0, 0.05) is 28.7 Å². The van der Waals surface area contributed by atoms with E-state index in [-0.39, 0.29) is 0 Å². The molecule has 0 fully saturated rings. The molecular formula is C14H15BrN2S. The molecule has 0 bridgehead atoms. The summed E-state index contributed by atoms with van der Waals surface area (Å²) in [6.45, 7) is 3.02. The third-order valence-electron chi connectivity index (χ3n) is 2.45. The molecule has 0 aliphatic carbocycles. The molecule has 0 saturated heterocycles. The van der Waals surface area contributed by atoms with Gasteiger partial charge in [0.2, 0.25) is 0 Å². The lowest BCUT2D eigenvalue weighted by Gasteiger charge is -2.06. The molecule has 18 heavy (non-hydrogen) atoms. The monoisotopic (exact) mass is 322 g/mol. The van der Waals surface area contributed by atoms with E-state index < -0.39 is 0 Å². The van der Waals surface area contributed by atoms with Gasteiger partial charge in [0.05, 0.1) is 0 Å². The molecule has 0 unspecified atom stereocenters. The number of nitrogens with one attached hydrogen (secondary N) is 1. The molecule has 0 amide bonds. The van der Waals surface area contributed by atoms with E-state index in [2.05, 4.69) is 57.4 Å². The topological polar surface area (TPSA) is 24.9 Å². The number of pyridine rings is 1. The summed E-state index contributed by atoms with van der Waals surface area (Å²) in [5.74, 6) is 0.990. The Morgan fingerprint density at radius 3 is 2.72 bits per heavy atom. The normalized spacial score (nSPS) is 10.3. The van der Waals surface area contributed by atoms with Gasteiger partial charge in [0.25, 0.3) is 0 Å². The molecular weight excluding hydrogens is 308 g/mol. The van der Waals surface area contributed by atoms with Crippen LogP contribution >= 0.6 is 27.7 Å². The number of nitrogens with zero attached hydrogens (tertiary/aromatic N) is 1. The van der Waals surface area contributed by atoms with Crippen molar-refractivity contribution in [1.82, 2.24) is 4.98 Å². The second-order valence-electron chi connectivity index (χ2n) is 3.93. The quantitative estimate of drug-likeness (QED) is 0.654. The summed E-state index contributed by atoms with van der Waals surface area (Å²) in [5, 5.41) is 4.44. The van der Waals surface area contributed by atoms with Crippen LogP contribution in [0.5, 0.6) is 0 Å². The fourth-order valence-electron chi connectivity index (χ4n) is 1.49. The molecule has 0 aliphatic rings. The lowest BCUT2D eigenvalue weighted by atomic mass is 10.2. The zero-order valence-electron chi connectivity index (χ0n) is 10.2. The Balaban J connectivity index is 1.76. The fraction of sp³-hybridized carbons (Fsp3) is 0.214. The van der Waals surface area contributed by atoms with Crippen molar-refractivity contribution in [3.63, 3.8) is 0 Å². The van der Waals surface area contributed by atoms with Crippen LogP contribution in [0.4, 0.5) is 5.69 Å². The number of hydrogen-bond donors (Lipinski definition) is 1. The van der Waals surface area contributed by atoms with Gasteiger partial charge in [-0.05, 0) is 47.1 Å². The first-order valence-electron chi connectivity index (χ1n) is 5.79. The number of aromatic nitrogens is 1. The summed E-state index contributed by atoms with van der Waals surface area (Å²) in [7, 11) is 0. The molecule has 0 atom stereocenters. The summed E-state index contributed by atoms with van der Waals surface area (Å²) in [6, 6.07) is 12.4. The van der Waals surface area contributed by atoms with Crippen LogP contribution in [0.15, 0.2) is 52.1 Å². The van der Waals surface area contributed by atoms with Crippen LogP contribution < -0.4 is 5.32 Å². The highest BCUT2D eigenvalue weighted by Crippen LogP contribution is 2.24. The minimum absolute atomic E-state index is 0.927. The van der Waals surface area contributed by atoms with Crippen molar-refractivity contribution >= 4 is 33.4 Å². The van der Waals surface area contributed by atoms with E-state index in [1.165, 1.54) is 11.3 Å². The van der Waals surface area contributed by atoms with Crippen molar-refractivity contribution in [3.05, 3.63) is 52.6 Å². The predicted octanol–water partition coefficient (Wildman–Crippen LogP) is 4.36. The number of halogens is 1. The Hall–Kier alpha value is -1.000. The van der Waals surface area contributed by atoms with E-state index in [9.17, 15) is 0 Å². The van der Waals surface area contributed by atoms with Gasteiger partial charge in [-0.1, -0.05) is 17.7 Å². The van der Waals surface area contributed by atoms with Gasteiger partial charge in [-0.25, -0.2) is 4.98 Å². The standard InChI is InChI=1S/C14H15BrN2S/c1-11-4-6-12(7-5-11)16-9-10-18-14-13(15)3-2-8-17-14/h2-8,16H,9-10H2,1H3. The zero-order valence-corrected chi connectivity index (χ0v) is 12.6. The summed E-state index contributed by atoms with van der Waals surface area (Å²) < 4.78 is 1.06. The molecule has 1 heterocycles. The fourth-order valence-corrected chi connectivity index (χ4v) is 2.83. The number of thioether (sulfide) groups is 1. The first-order chi connectivity index (χ1) is 8.75. The first-order valence-corrected chi connectivity index (χ1v) is 7.57. The smallest absolute Gasteiger partial charge is 0.110 e. The summed E-state index contributed by atoms with van der Waals surface area (Å²) in [5.41, 5.74) is 2.45. The lowest BCUT2D eigenvalue weighted by molar-refractivity contribution is 1.10. The van der Waals surface area contributed by atoms with Gasteiger partial charge in [-0.15, -0.1) is 11.8 Å². The average molecular weight is 323 g/mol. The molecule has 1 aromatic carbocycles. The second kappa shape index (κ2) is 6.81. The van der Waals surface area contributed by atoms with Crippen LogP contribution in [0, 0.1) is 6.92 Å². The van der Waals surface area contributed by atoms with Crippen molar-refractivity contribution in [2.45, 2.75) is 11.9 Å². The van der Waals surface area contributed by atoms with Crippen LogP contribution in [-0.2, 0) is 0 Å². The van der Waals surface area contributed by atoms with E-state index >= 15 is 0 Å². The maximum atomic E-state index is 4.32. The Labute approximate surface area is 120 Å². The third kappa shape index (κ3) is 4.03. The number of aryl methyl sites for hydroxylation is 1. The molecule has 0 saturated carbocycles. The van der Waals surface area contributed by atoms with Crippen molar-refractivity contribution < 1.29 is 0 Å². The summed E-state index contributed by atoms with van der Waals surface area (Å²) >= 11 is 5.25. The first kappa shape index (κ1) is 13.4. The zero-order chi connectivity index (χ0) is 12.8. The van der Waals surface area contributed by atoms with E-state index in [1.807, 2.05) is 18.3 Å². The van der Waals surface area contributed by atoms with E-state index in [4.69, 9.17) is 0 Å². The van der Waals surface area contributed by atoms with Crippen LogP contribution in [0.25, 0.3) is 0 Å². The molecule has 0 spiro atoms. The van der Waals surface area contributed by atoms with Gasteiger partial charge in [-0.2, -0.15) is 0 Å². The molecule has 1 aromatic heterocycles. The molecule has 94 valence electrons. The van der Waals surface area contributed by atoms with Gasteiger partial charge in [0.1, 0.15) is 5.03 Å².